The molecule has 4 aromatic rings. The van der Waals surface area contributed by atoms with E-state index in [0.717, 1.165) is 0 Å². The van der Waals surface area contributed by atoms with Crippen LogP contribution in [0, 0.1) is 6.92 Å². The lowest BCUT2D eigenvalue weighted by atomic mass is 9.33. The lowest BCUT2D eigenvalue weighted by Crippen LogP contribution is -2.63. The zero-order chi connectivity index (χ0) is 23.5. The summed E-state index contributed by atoms with van der Waals surface area (Å²) >= 11 is 0. The molecule has 4 aliphatic rings. The van der Waals surface area contributed by atoms with Gasteiger partial charge in [0.25, 0.3) is 6.71 Å². The number of anilines is 5. The van der Waals surface area contributed by atoms with E-state index in [4.69, 9.17) is 0 Å². The Bertz CT molecular complexity index is 1540. The Kier molecular flexibility index (Phi) is 3.62. The van der Waals surface area contributed by atoms with Crippen LogP contribution in [0.2, 0.25) is 0 Å². The number of para-hydroxylation sites is 3. The first kappa shape index (κ1) is 19.8. The monoisotopic (exact) mass is 452 g/mol. The average molecular weight is 452 g/mol. The first-order valence-corrected chi connectivity index (χ1v) is 13.1. The minimum Gasteiger partial charge on any atom is -0.335 e. The maximum absolute atomic E-state index is 2.78. The van der Waals surface area contributed by atoms with Crippen LogP contribution in [0.15, 0.2) is 84.9 Å². The van der Waals surface area contributed by atoms with Gasteiger partial charge in [-0.05, 0) is 84.5 Å². The van der Waals surface area contributed by atoms with Crippen LogP contribution < -0.4 is 26.2 Å². The van der Waals surface area contributed by atoms with Crippen molar-refractivity contribution in [2.75, 3.05) is 9.80 Å². The molecule has 35 heavy (non-hydrogen) atoms. The summed E-state index contributed by atoms with van der Waals surface area (Å²) in [5, 5.41) is 0. The third kappa shape index (κ3) is 2.15. The highest BCUT2D eigenvalue weighted by Crippen LogP contribution is 2.64. The highest BCUT2D eigenvalue weighted by atomic mass is 15.3. The van der Waals surface area contributed by atoms with Crippen LogP contribution in [0.5, 0.6) is 0 Å². The Morgan fingerprint density at radius 2 is 1.40 bits per heavy atom. The molecule has 8 rings (SSSR count). The topological polar surface area (TPSA) is 6.48 Å². The Hall–Kier alpha value is -3.46. The molecule has 1 fully saturated rings. The van der Waals surface area contributed by atoms with E-state index >= 15 is 0 Å². The Morgan fingerprint density at radius 3 is 2.17 bits per heavy atom. The first-order chi connectivity index (χ1) is 17.0. The summed E-state index contributed by atoms with van der Waals surface area (Å²) in [7, 11) is 0. The minimum absolute atomic E-state index is 0.102. The van der Waals surface area contributed by atoms with Crippen LogP contribution in [0.3, 0.4) is 0 Å². The van der Waals surface area contributed by atoms with Gasteiger partial charge in [-0.1, -0.05) is 67.9 Å². The van der Waals surface area contributed by atoms with Crippen molar-refractivity contribution in [3.8, 4) is 0 Å². The zero-order valence-electron chi connectivity index (χ0n) is 20.7. The molecule has 4 aromatic carbocycles. The Labute approximate surface area is 208 Å². The van der Waals surface area contributed by atoms with E-state index in [9.17, 15) is 0 Å². The van der Waals surface area contributed by atoms with Crippen molar-refractivity contribution in [3.63, 3.8) is 0 Å². The van der Waals surface area contributed by atoms with Gasteiger partial charge in [0, 0.05) is 33.9 Å². The van der Waals surface area contributed by atoms with E-state index < -0.39 is 0 Å². The molecular weight excluding hydrogens is 423 g/mol. The summed E-state index contributed by atoms with van der Waals surface area (Å²) in [4.78, 5) is 5.30. The summed E-state index contributed by atoms with van der Waals surface area (Å²) < 4.78 is 0. The van der Waals surface area contributed by atoms with Crippen LogP contribution in [0.1, 0.15) is 44.2 Å². The first-order valence-electron chi connectivity index (χ1n) is 13.1. The van der Waals surface area contributed by atoms with E-state index in [-0.39, 0.29) is 17.7 Å². The highest BCUT2D eigenvalue weighted by Gasteiger charge is 2.63. The highest BCUT2D eigenvalue weighted by molar-refractivity contribution is 7.00. The van der Waals surface area contributed by atoms with Gasteiger partial charge >= 0.3 is 0 Å². The molecule has 0 radical (unpaired) electrons. The maximum Gasteiger partial charge on any atom is 0.252 e. The van der Waals surface area contributed by atoms with Crippen LogP contribution in [0.25, 0.3) is 0 Å². The molecular formula is C32H29BN2. The van der Waals surface area contributed by atoms with Crippen LogP contribution in [-0.4, -0.2) is 12.3 Å². The summed E-state index contributed by atoms with van der Waals surface area (Å²) in [6.45, 7) is 7.70. The van der Waals surface area contributed by atoms with Crippen molar-refractivity contribution in [1.29, 1.82) is 0 Å². The number of nitrogens with zero attached hydrogens (tertiary/aromatic N) is 2. The molecule has 170 valence electrons. The van der Waals surface area contributed by atoms with Crippen LogP contribution >= 0.6 is 0 Å². The van der Waals surface area contributed by atoms with Gasteiger partial charge in [0.15, 0.2) is 0 Å². The molecule has 1 aliphatic carbocycles. The fourth-order valence-electron chi connectivity index (χ4n) is 8.25. The van der Waals surface area contributed by atoms with Crippen LogP contribution in [-0.2, 0) is 5.41 Å². The van der Waals surface area contributed by atoms with Crippen molar-refractivity contribution in [1.82, 2.24) is 0 Å². The summed E-state index contributed by atoms with van der Waals surface area (Å²) in [6, 6.07) is 31.7. The predicted octanol–water partition coefficient (Wildman–Crippen LogP) is 5.96. The molecule has 0 bridgehead atoms. The van der Waals surface area contributed by atoms with Crippen molar-refractivity contribution in [3.05, 3.63) is 96.1 Å². The quantitative estimate of drug-likeness (QED) is 0.290. The molecule has 2 atom stereocenters. The van der Waals surface area contributed by atoms with Crippen molar-refractivity contribution in [2.45, 2.75) is 51.0 Å². The fraction of sp³-hybridized carbons (Fsp3) is 0.250. The van der Waals surface area contributed by atoms with Gasteiger partial charge in [-0.2, -0.15) is 0 Å². The molecule has 0 saturated heterocycles. The molecule has 2 unspecified atom stereocenters. The van der Waals surface area contributed by atoms with Gasteiger partial charge in [0.2, 0.25) is 0 Å². The van der Waals surface area contributed by atoms with Crippen molar-refractivity contribution in [2.24, 2.45) is 0 Å². The van der Waals surface area contributed by atoms with E-state index in [1.807, 2.05) is 0 Å². The Morgan fingerprint density at radius 1 is 0.743 bits per heavy atom. The van der Waals surface area contributed by atoms with E-state index in [0.29, 0.717) is 0 Å². The van der Waals surface area contributed by atoms with Gasteiger partial charge in [-0.15, -0.1) is 0 Å². The molecule has 2 nitrogen and oxygen atoms in total. The lowest BCUT2D eigenvalue weighted by Gasteiger charge is -2.47. The van der Waals surface area contributed by atoms with Crippen molar-refractivity contribution >= 4 is 51.5 Å². The number of hydrogen-bond donors (Lipinski definition) is 0. The van der Waals surface area contributed by atoms with Gasteiger partial charge in [0.1, 0.15) is 0 Å². The minimum atomic E-state index is 0.102. The standard InChI is InChI=1S/C32H29BN2/c1-21-20-27-29-30-28(21)31(2)18-11-19-32(31,3)35(30)26-17-10-8-15-24(26)33(29)23-14-7-9-16-25(23)34(27)22-12-5-4-6-13-22/h4-10,12-17,20H,11,18-19H2,1-3H3. The number of hydrogen-bond acceptors (Lipinski definition) is 2. The molecule has 1 saturated carbocycles. The van der Waals surface area contributed by atoms with Gasteiger partial charge in [0.05, 0.1) is 5.54 Å². The number of fused-ring (bicyclic) bond motifs is 8. The maximum atomic E-state index is 2.78. The van der Waals surface area contributed by atoms with Crippen LogP contribution in [0.4, 0.5) is 28.4 Å². The van der Waals surface area contributed by atoms with Gasteiger partial charge in [-0.25, -0.2) is 0 Å². The lowest BCUT2D eigenvalue weighted by molar-refractivity contribution is 0.329. The molecule has 0 aromatic heterocycles. The van der Waals surface area contributed by atoms with E-state index in [2.05, 4.69) is 116 Å². The summed E-state index contributed by atoms with van der Waals surface area (Å²) in [5.74, 6) is 0. The molecule has 0 amide bonds. The van der Waals surface area contributed by atoms with E-state index in [1.54, 1.807) is 5.56 Å². The van der Waals surface area contributed by atoms with E-state index in [1.165, 1.54) is 69.7 Å². The smallest absolute Gasteiger partial charge is 0.252 e. The second-order valence-electron chi connectivity index (χ2n) is 11.4. The molecule has 0 N–H and O–H groups in total. The molecule has 3 aliphatic heterocycles. The second-order valence-corrected chi connectivity index (χ2v) is 11.4. The largest absolute Gasteiger partial charge is 0.335 e. The third-order valence-corrected chi connectivity index (χ3v) is 9.83. The second kappa shape index (κ2) is 6.40. The predicted molar refractivity (Wildman–Crippen MR) is 149 cm³/mol. The normalized spacial score (nSPS) is 24.7. The van der Waals surface area contributed by atoms with Gasteiger partial charge < -0.3 is 9.80 Å². The Balaban J connectivity index is 1.55. The SMILES string of the molecule is Cc1cc2c3c4c1C1(C)CCCC1(C)N4c1ccccc1B3c1ccccc1N2c1ccccc1. The molecule has 3 heteroatoms. The summed E-state index contributed by atoms with van der Waals surface area (Å²) in [5.41, 5.74) is 14.5. The molecule has 3 heterocycles. The summed E-state index contributed by atoms with van der Waals surface area (Å²) in [6.07, 6.45) is 3.80. The van der Waals surface area contributed by atoms with Crippen molar-refractivity contribution < 1.29 is 0 Å². The number of benzene rings is 4. The average Bonchev–Trinajstić information content (AvgIpc) is 3.28. The number of aryl methyl sites for hydroxylation is 1. The van der Waals surface area contributed by atoms with Gasteiger partial charge in [-0.3, -0.25) is 0 Å². The number of rotatable bonds is 1. The fourth-order valence-corrected chi connectivity index (χ4v) is 8.25. The molecule has 0 spiro atoms. The third-order valence-electron chi connectivity index (χ3n) is 9.83. The zero-order valence-corrected chi connectivity index (χ0v) is 20.7.